The van der Waals surface area contributed by atoms with Gasteiger partial charge in [-0.15, -0.1) is 0 Å². The lowest BCUT2D eigenvalue weighted by Crippen LogP contribution is -2.39. The zero-order chi connectivity index (χ0) is 26.6. The Morgan fingerprint density at radius 1 is 1.24 bits per heavy atom. The van der Waals surface area contributed by atoms with Gasteiger partial charge in [0.15, 0.2) is 17.0 Å². The van der Waals surface area contributed by atoms with Crippen LogP contribution in [0.5, 0.6) is 5.75 Å². The van der Waals surface area contributed by atoms with Crippen molar-refractivity contribution in [1.82, 2.24) is 24.6 Å². The predicted molar refractivity (Wildman–Crippen MR) is 140 cm³/mol. The number of imidazole rings is 1. The van der Waals surface area contributed by atoms with Gasteiger partial charge in [0.25, 0.3) is 0 Å². The number of benzene rings is 1. The molecule has 2 aromatic heterocycles. The van der Waals surface area contributed by atoms with Crippen molar-refractivity contribution in [3.8, 4) is 5.75 Å². The van der Waals surface area contributed by atoms with Crippen LogP contribution in [-0.2, 0) is 25.4 Å². The summed E-state index contributed by atoms with van der Waals surface area (Å²) in [5.41, 5.74) is 6.45. The summed E-state index contributed by atoms with van der Waals surface area (Å²) in [4.78, 5) is 25.5. The molecule has 4 N–H and O–H groups in total. The van der Waals surface area contributed by atoms with Gasteiger partial charge >= 0.3 is 13.5 Å². The number of esters is 1. The maximum atomic E-state index is 13.7. The maximum absolute atomic E-state index is 13.7. The van der Waals surface area contributed by atoms with Gasteiger partial charge in [0, 0.05) is 12.6 Å². The first-order valence-corrected chi connectivity index (χ1v) is 14.0. The van der Waals surface area contributed by atoms with Gasteiger partial charge in [0.2, 0.25) is 5.95 Å². The molecule has 1 aromatic carbocycles. The molecular formula is C24H34N7O5P. The van der Waals surface area contributed by atoms with Crippen LogP contribution in [0, 0.1) is 0 Å². The summed E-state index contributed by atoms with van der Waals surface area (Å²) >= 11 is 0. The number of carbonyl (C=O) groups excluding carboxylic acids is 1. The van der Waals surface area contributed by atoms with E-state index in [1.165, 1.54) is 0 Å². The number of fused-ring (bicyclic) bond motifs is 1. The van der Waals surface area contributed by atoms with E-state index >= 15 is 0 Å². The SMILES string of the molecule is C[C@H](NP(=O)(COCCn1cnc2c(NC3CC3)nc(N)nc21)Oc1ccccc1)C(=O)OC(C)(C)C. The van der Waals surface area contributed by atoms with E-state index in [2.05, 4.69) is 25.4 Å². The molecule has 200 valence electrons. The van der Waals surface area contributed by atoms with Crippen LogP contribution in [0.15, 0.2) is 36.7 Å². The second-order valence-corrected chi connectivity index (χ2v) is 12.0. The Morgan fingerprint density at radius 2 is 1.97 bits per heavy atom. The second kappa shape index (κ2) is 11.0. The quantitative estimate of drug-likeness (QED) is 0.178. The minimum absolute atomic E-state index is 0.152. The third-order valence-electron chi connectivity index (χ3n) is 5.28. The number of nitrogens with zero attached hydrogens (tertiary/aromatic N) is 4. The summed E-state index contributed by atoms with van der Waals surface area (Å²) < 4.78 is 32.5. The molecule has 1 aliphatic carbocycles. The number of nitrogen functional groups attached to an aromatic ring is 1. The van der Waals surface area contributed by atoms with Crippen LogP contribution >= 0.6 is 7.52 Å². The van der Waals surface area contributed by atoms with Gasteiger partial charge in [0.1, 0.15) is 23.7 Å². The Balaban J connectivity index is 1.41. The molecule has 0 aliphatic heterocycles. The molecule has 0 amide bonds. The van der Waals surface area contributed by atoms with Gasteiger partial charge in [-0.2, -0.15) is 9.97 Å². The summed E-state index contributed by atoms with van der Waals surface area (Å²) in [5, 5.41) is 6.12. The van der Waals surface area contributed by atoms with E-state index in [9.17, 15) is 9.36 Å². The van der Waals surface area contributed by atoms with Gasteiger partial charge in [-0.3, -0.25) is 9.36 Å². The van der Waals surface area contributed by atoms with Gasteiger partial charge in [-0.1, -0.05) is 18.2 Å². The minimum atomic E-state index is -3.65. The van der Waals surface area contributed by atoms with Crippen molar-refractivity contribution in [2.75, 3.05) is 24.0 Å². The number of nitrogens with one attached hydrogen (secondary N) is 2. The van der Waals surface area contributed by atoms with Crippen LogP contribution in [0.25, 0.3) is 11.2 Å². The number of carbonyl (C=O) groups is 1. The fourth-order valence-corrected chi connectivity index (χ4v) is 5.18. The van der Waals surface area contributed by atoms with Gasteiger partial charge < -0.3 is 29.6 Å². The van der Waals surface area contributed by atoms with Crippen molar-refractivity contribution >= 4 is 36.4 Å². The molecule has 1 saturated carbocycles. The molecule has 37 heavy (non-hydrogen) atoms. The normalized spacial score (nSPS) is 16.2. The highest BCUT2D eigenvalue weighted by Crippen LogP contribution is 2.43. The number of nitrogens with two attached hydrogens (primary N) is 1. The number of hydrogen-bond donors (Lipinski definition) is 3. The molecule has 1 unspecified atom stereocenters. The minimum Gasteiger partial charge on any atom is -0.459 e. The van der Waals surface area contributed by atoms with Gasteiger partial charge in [-0.25, -0.2) is 10.1 Å². The second-order valence-electron chi connectivity index (χ2n) is 9.96. The van der Waals surface area contributed by atoms with Crippen molar-refractivity contribution in [2.24, 2.45) is 0 Å². The van der Waals surface area contributed by atoms with E-state index in [4.69, 9.17) is 19.7 Å². The molecule has 0 radical (unpaired) electrons. The average Bonchev–Trinajstić information content (AvgIpc) is 3.54. The fraction of sp³-hybridized carbons (Fsp3) is 0.500. The molecule has 4 rings (SSSR count). The van der Waals surface area contributed by atoms with Crippen LogP contribution in [-0.4, -0.2) is 56.1 Å². The molecule has 0 saturated heterocycles. The maximum Gasteiger partial charge on any atom is 0.342 e. The zero-order valence-electron chi connectivity index (χ0n) is 21.5. The number of aromatic nitrogens is 4. The van der Waals surface area contributed by atoms with E-state index in [0.29, 0.717) is 35.3 Å². The van der Waals surface area contributed by atoms with Crippen molar-refractivity contribution in [3.05, 3.63) is 36.7 Å². The van der Waals surface area contributed by atoms with Crippen LogP contribution in [0.1, 0.15) is 40.5 Å². The molecule has 3 aromatic rings. The third kappa shape index (κ3) is 7.64. The highest BCUT2D eigenvalue weighted by atomic mass is 31.2. The van der Waals surface area contributed by atoms with E-state index < -0.39 is 25.1 Å². The van der Waals surface area contributed by atoms with Crippen molar-refractivity contribution in [3.63, 3.8) is 0 Å². The molecule has 1 fully saturated rings. The number of hydrogen-bond acceptors (Lipinski definition) is 10. The van der Waals surface area contributed by atoms with Crippen LogP contribution in [0.3, 0.4) is 0 Å². The fourth-order valence-electron chi connectivity index (χ4n) is 3.47. The first-order valence-electron chi connectivity index (χ1n) is 12.2. The molecule has 2 heterocycles. The number of anilines is 2. The Hall–Kier alpha value is -3.21. The van der Waals surface area contributed by atoms with Gasteiger partial charge in [0.05, 0.1) is 12.9 Å². The molecular weight excluding hydrogens is 497 g/mol. The largest absolute Gasteiger partial charge is 0.459 e. The van der Waals surface area contributed by atoms with Gasteiger partial charge in [-0.05, 0) is 52.7 Å². The van der Waals surface area contributed by atoms with Crippen molar-refractivity contribution < 1.29 is 23.4 Å². The molecule has 12 nitrogen and oxygen atoms in total. The van der Waals surface area contributed by atoms with E-state index in [0.717, 1.165) is 12.8 Å². The summed E-state index contributed by atoms with van der Waals surface area (Å²) in [6.07, 6.45) is 3.55. The monoisotopic (exact) mass is 531 g/mol. The first-order chi connectivity index (χ1) is 17.5. The highest BCUT2D eigenvalue weighted by Gasteiger charge is 2.32. The number of para-hydroxylation sites is 1. The number of ether oxygens (including phenoxy) is 2. The summed E-state index contributed by atoms with van der Waals surface area (Å²) in [6.45, 7) is 7.44. The zero-order valence-corrected chi connectivity index (χ0v) is 22.4. The van der Waals surface area contributed by atoms with Crippen molar-refractivity contribution in [2.45, 2.75) is 64.8 Å². The lowest BCUT2D eigenvalue weighted by molar-refractivity contribution is -0.156. The predicted octanol–water partition coefficient (Wildman–Crippen LogP) is 3.55. The van der Waals surface area contributed by atoms with Crippen LogP contribution in [0.2, 0.25) is 0 Å². The third-order valence-corrected chi connectivity index (χ3v) is 7.09. The Labute approximate surface area is 215 Å². The molecule has 0 spiro atoms. The molecule has 2 atom stereocenters. The standard InChI is InChI=1S/C24H34N7O5P/c1-16(22(32)35-24(2,3)4)30-37(33,36-18-8-6-5-7-9-18)15-34-13-12-31-14-26-19-20(27-17-10-11-17)28-23(25)29-21(19)31/h5-9,14,16-17H,10-13,15H2,1-4H3,(H,30,33)(H3,25,27,28,29)/t16-,37?/m0/s1. The highest BCUT2D eigenvalue weighted by molar-refractivity contribution is 7.57. The Bertz CT molecular complexity index is 1270. The van der Waals surface area contributed by atoms with Crippen molar-refractivity contribution in [1.29, 1.82) is 0 Å². The summed E-state index contributed by atoms with van der Waals surface area (Å²) in [5.74, 6) is 0.620. The molecule has 0 bridgehead atoms. The topological polar surface area (TPSA) is 156 Å². The summed E-state index contributed by atoms with van der Waals surface area (Å²) in [7, 11) is -3.65. The smallest absolute Gasteiger partial charge is 0.342 e. The Kier molecular flexibility index (Phi) is 8.01. The molecule has 13 heteroatoms. The van der Waals surface area contributed by atoms with Crippen LogP contribution in [0.4, 0.5) is 11.8 Å². The number of rotatable bonds is 12. The van der Waals surface area contributed by atoms with Crippen LogP contribution < -0.4 is 20.7 Å². The van der Waals surface area contributed by atoms with E-state index in [1.807, 2.05) is 6.07 Å². The Morgan fingerprint density at radius 3 is 2.65 bits per heavy atom. The lowest BCUT2D eigenvalue weighted by atomic mass is 10.2. The summed E-state index contributed by atoms with van der Waals surface area (Å²) in [6, 6.07) is 8.22. The average molecular weight is 532 g/mol. The van der Waals surface area contributed by atoms with E-state index in [1.54, 1.807) is 62.9 Å². The first kappa shape index (κ1) is 26.8. The molecule has 1 aliphatic rings. The van der Waals surface area contributed by atoms with E-state index in [-0.39, 0.29) is 18.9 Å². The lowest BCUT2D eigenvalue weighted by Gasteiger charge is -2.26.